The van der Waals surface area contributed by atoms with Crippen LogP contribution in [0.2, 0.25) is 0 Å². The first-order valence-corrected chi connectivity index (χ1v) is 7.97. The minimum absolute atomic E-state index is 0.423. The molecule has 0 amide bonds. The normalized spacial score (nSPS) is 13.7. The van der Waals surface area contributed by atoms with Crippen molar-refractivity contribution in [1.82, 2.24) is 5.32 Å². The van der Waals surface area contributed by atoms with E-state index < -0.39 is 11.4 Å². The number of hydrogen-bond acceptors (Lipinski definition) is 5. The second kappa shape index (κ2) is 7.55. The van der Waals surface area contributed by atoms with Crippen molar-refractivity contribution in [3.63, 3.8) is 0 Å². The first-order valence-electron chi connectivity index (χ1n) is 7.97. The molecule has 2 rings (SSSR count). The summed E-state index contributed by atoms with van der Waals surface area (Å²) in [6.07, 6.45) is 1.19. The van der Waals surface area contributed by atoms with Gasteiger partial charge in [-0.05, 0) is 30.5 Å². The average molecular weight is 323 g/mol. The minimum atomic E-state index is -0.755. The number of aliphatic carboxylic acids is 1. The number of carboxylic acid groups (broad SMARTS) is 1. The van der Waals surface area contributed by atoms with Crippen molar-refractivity contribution >= 4 is 5.97 Å². The van der Waals surface area contributed by atoms with E-state index in [1.807, 2.05) is 26.0 Å². The lowest BCUT2D eigenvalue weighted by molar-refractivity contribution is -0.149. The Morgan fingerprint density at radius 1 is 1.30 bits per heavy atom. The largest absolute Gasteiger partial charge is 0.493 e. The average Bonchev–Trinajstić information content (AvgIpc) is 2.58. The summed E-state index contributed by atoms with van der Waals surface area (Å²) in [5, 5.41) is 12.7. The summed E-state index contributed by atoms with van der Waals surface area (Å²) in [4.78, 5) is 11.5. The topological polar surface area (TPSA) is 77.0 Å². The van der Waals surface area contributed by atoms with Crippen LogP contribution in [0.5, 0.6) is 17.2 Å². The van der Waals surface area contributed by atoms with Gasteiger partial charge in [0.05, 0.1) is 12.5 Å². The predicted octanol–water partition coefficient (Wildman–Crippen LogP) is 2.45. The van der Waals surface area contributed by atoms with Gasteiger partial charge in [0.1, 0.15) is 13.2 Å². The summed E-state index contributed by atoms with van der Waals surface area (Å²) in [5.74, 6) is 1.18. The molecule has 1 aromatic rings. The summed E-state index contributed by atoms with van der Waals surface area (Å²) in [5.41, 5.74) is 0.246. The Morgan fingerprint density at radius 2 is 2.00 bits per heavy atom. The van der Waals surface area contributed by atoms with E-state index in [0.717, 1.165) is 5.56 Å². The standard InChI is InChI=1S/C17H25NO5/c1-4-17(5-2,16(19)20)11-18-10-12-8-13(21-3)15-14(9-12)22-6-7-23-15/h8-9,18H,4-7,10-11H2,1-3H3,(H,19,20). The second-order valence-electron chi connectivity index (χ2n) is 5.72. The van der Waals surface area contributed by atoms with Gasteiger partial charge in [-0.15, -0.1) is 0 Å². The monoisotopic (exact) mass is 323 g/mol. The zero-order valence-corrected chi connectivity index (χ0v) is 14.0. The third kappa shape index (κ3) is 3.69. The number of carboxylic acids is 1. The summed E-state index contributed by atoms with van der Waals surface area (Å²) >= 11 is 0. The molecular weight excluding hydrogens is 298 g/mol. The molecule has 2 N–H and O–H groups in total. The molecule has 6 nitrogen and oxygen atoms in total. The first-order chi connectivity index (χ1) is 11.1. The van der Waals surface area contributed by atoms with Crippen LogP contribution < -0.4 is 19.5 Å². The molecule has 1 aliphatic rings. The zero-order valence-electron chi connectivity index (χ0n) is 14.0. The molecular formula is C17H25NO5. The molecule has 23 heavy (non-hydrogen) atoms. The highest BCUT2D eigenvalue weighted by Gasteiger charge is 2.34. The predicted molar refractivity (Wildman–Crippen MR) is 86.3 cm³/mol. The molecule has 0 unspecified atom stereocenters. The molecule has 128 valence electrons. The Bertz CT molecular complexity index is 537. The minimum Gasteiger partial charge on any atom is -0.493 e. The van der Waals surface area contributed by atoms with Gasteiger partial charge in [0, 0.05) is 13.1 Å². The molecule has 1 heterocycles. The van der Waals surface area contributed by atoms with Gasteiger partial charge in [-0.2, -0.15) is 0 Å². The van der Waals surface area contributed by atoms with Crippen molar-refractivity contribution in [2.75, 3.05) is 26.9 Å². The van der Waals surface area contributed by atoms with Crippen molar-refractivity contribution in [2.45, 2.75) is 33.2 Å². The van der Waals surface area contributed by atoms with E-state index in [9.17, 15) is 9.90 Å². The lowest BCUT2D eigenvalue weighted by Crippen LogP contribution is -2.40. The van der Waals surface area contributed by atoms with Crippen molar-refractivity contribution in [3.05, 3.63) is 17.7 Å². The van der Waals surface area contributed by atoms with E-state index in [1.54, 1.807) is 7.11 Å². The molecule has 0 bridgehead atoms. The quantitative estimate of drug-likeness (QED) is 0.765. The van der Waals surface area contributed by atoms with Gasteiger partial charge >= 0.3 is 5.97 Å². The molecule has 0 radical (unpaired) electrons. The van der Waals surface area contributed by atoms with Crippen LogP contribution in [0, 0.1) is 5.41 Å². The fourth-order valence-electron chi connectivity index (χ4n) is 2.75. The summed E-state index contributed by atoms with van der Waals surface area (Å²) in [7, 11) is 1.59. The molecule has 0 saturated carbocycles. The van der Waals surface area contributed by atoms with Gasteiger partial charge in [0.25, 0.3) is 0 Å². The summed E-state index contributed by atoms with van der Waals surface area (Å²) in [6, 6.07) is 3.80. The molecule has 1 aromatic carbocycles. The van der Waals surface area contributed by atoms with Crippen LogP contribution in [0.25, 0.3) is 0 Å². The third-order valence-corrected chi connectivity index (χ3v) is 4.49. The van der Waals surface area contributed by atoms with Crippen LogP contribution in [-0.4, -0.2) is 37.9 Å². The fraction of sp³-hybridized carbons (Fsp3) is 0.588. The first kappa shape index (κ1) is 17.4. The van der Waals surface area contributed by atoms with Gasteiger partial charge in [0.2, 0.25) is 5.75 Å². The van der Waals surface area contributed by atoms with Gasteiger partial charge in [0.15, 0.2) is 11.5 Å². The molecule has 0 fully saturated rings. The van der Waals surface area contributed by atoms with Gasteiger partial charge in [-0.3, -0.25) is 4.79 Å². The number of rotatable bonds is 8. The highest BCUT2D eigenvalue weighted by molar-refractivity contribution is 5.74. The van der Waals surface area contributed by atoms with E-state index >= 15 is 0 Å². The van der Waals surface area contributed by atoms with E-state index in [-0.39, 0.29) is 0 Å². The number of carbonyl (C=O) groups is 1. The van der Waals surface area contributed by atoms with Crippen LogP contribution >= 0.6 is 0 Å². The van der Waals surface area contributed by atoms with Crippen molar-refractivity contribution in [2.24, 2.45) is 5.41 Å². The van der Waals surface area contributed by atoms with Crippen LogP contribution in [-0.2, 0) is 11.3 Å². The van der Waals surface area contributed by atoms with Gasteiger partial charge < -0.3 is 24.6 Å². The zero-order chi connectivity index (χ0) is 16.9. The maximum absolute atomic E-state index is 11.5. The van der Waals surface area contributed by atoms with E-state index in [4.69, 9.17) is 14.2 Å². The Kier molecular flexibility index (Phi) is 5.71. The number of nitrogens with one attached hydrogen (secondary N) is 1. The number of ether oxygens (including phenoxy) is 3. The van der Waals surface area contributed by atoms with Gasteiger partial charge in [-0.1, -0.05) is 13.8 Å². The highest BCUT2D eigenvalue weighted by Crippen LogP contribution is 2.40. The van der Waals surface area contributed by atoms with Gasteiger partial charge in [-0.25, -0.2) is 0 Å². The molecule has 0 spiro atoms. The summed E-state index contributed by atoms with van der Waals surface area (Å²) in [6.45, 7) is 5.81. The maximum atomic E-state index is 11.5. The number of methoxy groups -OCH3 is 1. The second-order valence-corrected chi connectivity index (χ2v) is 5.72. The molecule has 0 aliphatic carbocycles. The van der Waals surface area contributed by atoms with Crippen LogP contribution in [0.4, 0.5) is 0 Å². The summed E-state index contributed by atoms with van der Waals surface area (Å²) < 4.78 is 16.5. The Morgan fingerprint density at radius 3 is 2.61 bits per heavy atom. The van der Waals surface area contributed by atoms with Crippen molar-refractivity contribution in [1.29, 1.82) is 0 Å². The molecule has 0 aromatic heterocycles. The van der Waals surface area contributed by atoms with Crippen LogP contribution in [0.3, 0.4) is 0 Å². The molecule has 1 aliphatic heterocycles. The molecule has 0 saturated heterocycles. The van der Waals surface area contributed by atoms with E-state index in [2.05, 4.69) is 5.32 Å². The molecule has 0 atom stereocenters. The Hall–Kier alpha value is -1.95. The Balaban J connectivity index is 2.07. The maximum Gasteiger partial charge on any atom is 0.310 e. The van der Waals surface area contributed by atoms with E-state index in [1.165, 1.54) is 0 Å². The number of fused-ring (bicyclic) bond motifs is 1. The van der Waals surface area contributed by atoms with Crippen molar-refractivity contribution < 1.29 is 24.1 Å². The number of hydrogen-bond donors (Lipinski definition) is 2. The fourth-order valence-corrected chi connectivity index (χ4v) is 2.75. The SMILES string of the molecule is CCC(CC)(CNCc1cc(OC)c2c(c1)OCCO2)C(=O)O. The number of benzene rings is 1. The Labute approximate surface area is 136 Å². The highest BCUT2D eigenvalue weighted by atomic mass is 16.6. The van der Waals surface area contributed by atoms with E-state index in [0.29, 0.717) is 56.4 Å². The third-order valence-electron chi connectivity index (χ3n) is 4.49. The van der Waals surface area contributed by atoms with Crippen LogP contribution in [0.1, 0.15) is 32.3 Å². The molecule has 6 heteroatoms. The lowest BCUT2D eigenvalue weighted by atomic mass is 9.82. The van der Waals surface area contributed by atoms with Crippen LogP contribution in [0.15, 0.2) is 12.1 Å². The van der Waals surface area contributed by atoms with Crippen molar-refractivity contribution in [3.8, 4) is 17.2 Å². The lowest BCUT2D eigenvalue weighted by Gasteiger charge is -2.27. The smallest absolute Gasteiger partial charge is 0.310 e.